The summed E-state index contributed by atoms with van der Waals surface area (Å²) >= 11 is 0. The molecule has 0 spiro atoms. The van der Waals surface area contributed by atoms with Crippen molar-refractivity contribution in [1.29, 1.82) is 0 Å². The topological polar surface area (TPSA) is 106 Å². The van der Waals surface area contributed by atoms with E-state index in [9.17, 15) is 14.4 Å². The molecule has 3 aromatic rings. The number of aromatic nitrogens is 2. The van der Waals surface area contributed by atoms with Gasteiger partial charge < -0.3 is 24.6 Å². The van der Waals surface area contributed by atoms with Crippen LogP contribution < -0.4 is 14.8 Å². The molecule has 0 aliphatic carbocycles. The van der Waals surface area contributed by atoms with Gasteiger partial charge in [0.25, 0.3) is 11.8 Å². The van der Waals surface area contributed by atoms with Gasteiger partial charge in [-0.2, -0.15) is 5.10 Å². The molecular weight excluding hydrogens is 498 g/mol. The second-order valence-corrected chi connectivity index (χ2v) is 9.80. The molecule has 5 rings (SSSR count). The van der Waals surface area contributed by atoms with E-state index in [4.69, 9.17) is 9.47 Å². The van der Waals surface area contributed by atoms with E-state index in [2.05, 4.69) is 10.4 Å². The Hall–Kier alpha value is -4.34. The highest BCUT2D eigenvalue weighted by atomic mass is 16.7. The molecule has 2 aromatic carbocycles. The van der Waals surface area contributed by atoms with Crippen LogP contribution in [0.2, 0.25) is 0 Å². The number of carbonyl (C=O) groups excluding carboxylic acids is 3. The SMILES string of the molecule is CCN(CCC(=O)NCc1ccc2c(c1)OCO2)C(=O)c1cc2n(n1)CCCN(Cc1ccc(C)cc1)C2=O. The van der Waals surface area contributed by atoms with Crippen LogP contribution in [0.15, 0.2) is 48.5 Å². The summed E-state index contributed by atoms with van der Waals surface area (Å²) in [5.41, 5.74) is 3.77. The maximum absolute atomic E-state index is 13.3. The van der Waals surface area contributed by atoms with Crippen molar-refractivity contribution in [1.82, 2.24) is 24.9 Å². The molecule has 0 saturated carbocycles. The molecule has 0 bridgehead atoms. The summed E-state index contributed by atoms with van der Waals surface area (Å²) in [6.45, 7) is 6.81. The zero-order chi connectivity index (χ0) is 27.4. The maximum atomic E-state index is 13.3. The van der Waals surface area contributed by atoms with Crippen LogP contribution in [0.1, 0.15) is 57.4 Å². The molecule has 3 amide bonds. The third-order valence-electron chi connectivity index (χ3n) is 7.00. The van der Waals surface area contributed by atoms with E-state index in [0.29, 0.717) is 49.9 Å². The normalized spacial score (nSPS) is 14.1. The molecule has 1 N–H and O–H groups in total. The van der Waals surface area contributed by atoms with Gasteiger partial charge in [0.1, 0.15) is 5.69 Å². The summed E-state index contributed by atoms with van der Waals surface area (Å²) in [6, 6.07) is 15.3. The third kappa shape index (κ3) is 6.05. The highest BCUT2D eigenvalue weighted by Gasteiger charge is 2.28. The minimum Gasteiger partial charge on any atom is -0.454 e. The van der Waals surface area contributed by atoms with Crippen molar-refractivity contribution in [3.63, 3.8) is 0 Å². The van der Waals surface area contributed by atoms with Crippen molar-refractivity contribution in [2.75, 3.05) is 26.4 Å². The number of aryl methyl sites for hydroxylation is 2. The molecule has 0 atom stereocenters. The summed E-state index contributed by atoms with van der Waals surface area (Å²) in [5, 5.41) is 7.36. The van der Waals surface area contributed by atoms with Crippen LogP contribution in [-0.2, 0) is 24.4 Å². The van der Waals surface area contributed by atoms with Crippen molar-refractivity contribution in [3.05, 3.63) is 76.6 Å². The van der Waals surface area contributed by atoms with Crippen LogP contribution in [0.25, 0.3) is 0 Å². The van der Waals surface area contributed by atoms with Gasteiger partial charge in [0.15, 0.2) is 17.2 Å². The molecule has 2 aliphatic heterocycles. The fourth-order valence-electron chi connectivity index (χ4n) is 4.75. The van der Waals surface area contributed by atoms with Crippen molar-refractivity contribution in [2.24, 2.45) is 0 Å². The summed E-state index contributed by atoms with van der Waals surface area (Å²) in [6.07, 6.45) is 0.905. The standard InChI is InChI=1S/C29H33N5O5/c1-3-32(14-11-27(35)30-17-22-9-10-25-26(15-22)39-19-38-25)28(36)23-16-24-29(37)33(12-4-13-34(24)31-23)18-21-7-5-20(2)6-8-21/h5-10,15-16H,3-4,11-14,17-19H2,1-2H3,(H,30,35). The predicted molar refractivity (Wildman–Crippen MR) is 143 cm³/mol. The smallest absolute Gasteiger partial charge is 0.274 e. The summed E-state index contributed by atoms with van der Waals surface area (Å²) < 4.78 is 12.3. The zero-order valence-corrected chi connectivity index (χ0v) is 22.3. The number of hydrogen-bond acceptors (Lipinski definition) is 6. The Morgan fingerprint density at radius 2 is 1.79 bits per heavy atom. The number of nitrogens with zero attached hydrogens (tertiary/aromatic N) is 4. The minimum atomic E-state index is -0.292. The first kappa shape index (κ1) is 26.3. The molecule has 204 valence electrons. The first-order valence-corrected chi connectivity index (χ1v) is 13.3. The fourth-order valence-corrected chi connectivity index (χ4v) is 4.75. The van der Waals surface area contributed by atoms with Crippen molar-refractivity contribution < 1.29 is 23.9 Å². The summed E-state index contributed by atoms with van der Waals surface area (Å²) in [4.78, 5) is 42.5. The Balaban J connectivity index is 1.17. The average molecular weight is 532 g/mol. The molecule has 39 heavy (non-hydrogen) atoms. The van der Waals surface area contributed by atoms with Crippen LogP contribution in [0.3, 0.4) is 0 Å². The Kier molecular flexibility index (Phi) is 7.81. The van der Waals surface area contributed by atoms with Gasteiger partial charge in [-0.3, -0.25) is 19.1 Å². The number of benzene rings is 2. The van der Waals surface area contributed by atoms with Crippen LogP contribution in [0.5, 0.6) is 11.5 Å². The van der Waals surface area contributed by atoms with Crippen LogP contribution in [0.4, 0.5) is 0 Å². The number of amides is 3. The van der Waals surface area contributed by atoms with Crippen molar-refractivity contribution in [2.45, 2.75) is 46.3 Å². The van der Waals surface area contributed by atoms with Gasteiger partial charge in [0, 0.05) is 51.8 Å². The Morgan fingerprint density at radius 3 is 2.59 bits per heavy atom. The highest BCUT2D eigenvalue weighted by molar-refractivity contribution is 5.98. The number of ether oxygens (including phenoxy) is 2. The lowest BCUT2D eigenvalue weighted by Crippen LogP contribution is -2.35. The zero-order valence-electron chi connectivity index (χ0n) is 22.3. The minimum absolute atomic E-state index is 0.134. The van der Waals surface area contributed by atoms with Crippen molar-refractivity contribution >= 4 is 17.7 Å². The number of hydrogen-bond donors (Lipinski definition) is 1. The lowest BCUT2D eigenvalue weighted by molar-refractivity contribution is -0.121. The van der Waals surface area contributed by atoms with Crippen LogP contribution in [0, 0.1) is 6.92 Å². The molecule has 0 unspecified atom stereocenters. The lowest BCUT2D eigenvalue weighted by Gasteiger charge is -2.20. The Bertz CT molecular complexity index is 1370. The number of fused-ring (bicyclic) bond motifs is 2. The molecule has 10 heteroatoms. The van der Waals surface area contributed by atoms with E-state index < -0.39 is 0 Å². The van der Waals surface area contributed by atoms with Crippen LogP contribution >= 0.6 is 0 Å². The first-order chi connectivity index (χ1) is 18.9. The van der Waals surface area contributed by atoms with E-state index in [1.165, 1.54) is 5.56 Å². The van der Waals surface area contributed by atoms with Gasteiger partial charge in [0.2, 0.25) is 12.7 Å². The Labute approximate surface area is 227 Å². The van der Waals surface area contributed by atoms with Gasteiger partial charge in [-0.15, -0.1) is 0 Å². The summed E-state index contributed by atoms with van der Waals surface area (Å²) in [5.74, 6) is 0.769. The number of nitrogens with one attached hydrogen (secondary N) is 1. The largest absolute Gasteiger partial charge is 0.454 e. The fraction of sp³-hybridized carbons (Fsp3) is 0.379. The Morgan fingerprint density at radius 1 is 1.03 bits per heavy atom. The lowest BCUT2D eigenvalue weighted by atomic mass is 10.1. The number of carbonyl (C=O) groups is 3. The van der Waals surface area contributed by atoms with E-state index in [1.54, 1.807) is 15.6 Å². The molecule has 10 nitrogen and oxygen atoms in total. The maximum Gasteiger partial charge on any atom is 0.274 e. The first-order valence-electron chi connectivity index (χ1n) is 13.3. The summed E-state index contributed by atoms with van der Waals surface area (Å²) in [7, 11) is 0. The molecule has 3 heterocycles. The van der Waals surface area contributed by atoms with E-state index >= 15 is 0 Å². The highest BCUT2D eigenvalue weighted by Crippen LogP contribution is 2.32. The van der Waals surface area contributed by atoms with E-state index in [1.807, 2.05) is 61.2 Å². The molecule has 0 radical (unpaired) electrons. The van der Waals surface area contributed by atoms with Gasteiger partial charge in [-0.1, -0.05) is 35.9 Å². The molecule has 2 aliphatic rings. The number of rotatable bonds is 9. The molecular formula is C29H33N5O5. The van der Waals surface area contributed by atoms with Gasteiger partial charge in [0.05, 0.1) is 0 Å². The molecule has 0 saturated heterocycles. The second kappa shape index (κ2) is 11.6. The van der Waals surface area contributed by atoms with Crippen LogP contribution in [-0.4, -0.2) is 63.7 Å². The average Bonchev–Trinajstić information content (AvgIpc) is 3.56. The second-order valence-electron chi connectivity index (χ2n) is 9.80. The molecule has 1 aromatic heterocycles. The third-order valence-corrected chi connectivity index (χ3v) is 7.00. The predicted octanol–water partition coefficient (Wildman–Crippen LogP) is 3.13. The van der Waals surface area contributed by atoms with Gasteiger partial charge >= 0.3 is 0 Å². The quantitative estimate of drug-likeness (QED) is 0.455. The van der Waals surface area contributed by atoms with Gasteiger partial charge in [-0.05, 0) is 43.5 Å². The molecule has 0 fully saturated rings. The van der Waals surface area contributed by atoms with Gasteiger partial charge in [-0.25, -0.2) is 0 Å². The van der Waals surface area contributed by atoms with E-state index in [-0.39, 0.29) is 43.2 Å². The van der Waals surface area contributed by atoms with E-state index in [0.717, 1.165) is 17.5 Å². The monoisotopic (exact) mass is 531 g/mol. The van der Waals surface area contributed by atoms with Crippen molar-refractivity contribution in [3.8, 4) is 11.5 Å².